The SMILES string of the molecule is c1ccc(-c2ccc(N(c3ccc4sc5cc6nc(-c7ccccc7)oc6cc5c4c3)c3ccc(-c4cccc5ccccc45)c4ccccc34)cc2)cc1. The van der Waals surface area contributed by atoms with Crippen molar-refractivity contribution in [3.63, 3.8) is 0 Å². The first-order valence-electron chi connectivity index (χ1n) is 18.5. The summed E-state index contributed by atoms with van der Waals surface area (Å²) in [5, 5.41) is 7.25. The molecule has 0 bridgehead atoms. The van der Waals surface area contributed by atoms with Crippen molar-refractivity contribution in [2.45, 2.75) is 0 Å². The summed E-state index contributed by atoms with van der Waals surface area (Å²) in [4.78, 5) is 7.27. The molecule has 0 spiro atoms. The standard InChI is InChI=1S/C51H32N2OS/c1-3-12-33(13-4-1)34-22-24-37(25-23-34)53(47-28-27-42(41-19-9-10-20-43(41)47)40-21-11-17-35-14-7-8-18-39(35)40)38-26-29-49-44(30-38)45-31-48-46(32-50(45)55-49)52-51(54-48)36-15-5-2-6-16-36/h1-32H. The fourth-order valence-electron chi connectivity index (χ4n) is 8.06. The molecule has 2 aromatic heterocycles. The largest absolute Gasteiger partial charge is 0.436 e. The maximum Gasteiger partial charge on any atom is 0.227 e. The van der Waals surface area contributed by atoms with E-state index >= 15 is 0 Å². The quantitative estimate of drug-likeness (QED) is 0.171. The van der Waals surface area contributed by atoms with Gasteiger partial charge in [-0.15, -0.1) is 11.3 Å². The van der Waals surface area contributed by atoms with E-state index in [-0.39, 0.29) is 0 Å². The first kappa shape index (κ1) is 31.5. The van der Waals surface area contributed by atoms with E-state index in [1.54, 1.807) is 11.3 Å². The Kier molecular flexibility index (Phi) is 7.35. The van der Waals surface area contributed by atoms with E-state index in [9.17, 15) is 0 Å². The molecule has 4 heteroatoms. The van der Waals surface area contributed by atoms with Crippen LogP contribution in [0.1, 0.15) is 0 Å². The van der Waals surface area contributed by atoms with Gasteiger partial charge in [0.1, 0.15) is 5.52 Å². The van der Waals surface area contributed by atoms with Crippen molar-refractivity contribution in [1.29, 1.82) is 0 Å². The second-order valence-electron chi connectivity index (χ2n) is 13.9. The predicted octanol–water partition coefficient (Wildman–Crippen LogP) is 15.0. The summed E-state index contributed by atoms with van der Waals surface area (Å²) in [6.07, 6.45) is 0. The Labute approximate surface area is 322 Å². The summed E-state index contributed by atoms with van der Waals surface area (Å²) in [6, 6.07) is 69.5. The Morgan fingerprint density at radius 2 is 1.05 bits per heavy atom. The third-order valence-corrected chi connectivity index (χ3v) is 11.8. The summed E-state index contributed by atoms with van der Waals surface area (Å²) >= 11 is 1.80. The van der Waals surface area contributed by atoms with Crippen molar-refractivity contribution < 1.29 is 4.42 Å². The van der Waals surface area contributed by atoms with E-state index in [0.717, 1.165) is 33.7 Å². The van der Waals surface area contributed by atoms with Crippen LogP contribution in [0.15, 0.2) is 199 Å². The molecule has 0 aliphatic carbocycles. The smallest absolute Gasteiger partial charge is 0.227 e. The van der Waals surface area contributed by atoms with Crippen LogP contribution in [0.5, 0.6) is 0 Å². The lowest BCUT2D eigenvalue weighted by molar-refractivity contribution is 0.620. The van der Waals surface area contributed by atoms with Crippen molar-refractivity contribution >= 4 is 81.2 Å². The number of anilines is 3. The highest BCUT2D eigenvalue weighted by Crippen LogP contribution is 2.46. The Balaban J connectivity index is 1.11. The Hall–Kier alpha value is -7.01. The number of aromatic nitrogens is 1. The fraction of sp³-hybridized carbons (Fsp3) is 0. The number of nitrogens with zero attached hydrogens (tertiary/aromatic N) is 2. The minimum absolute atomic E-state index is 0.641. The van der Waals surface area contributed by atoms with Gasteiger partial charge < -0.3 is 9.32 Å². The molecule has 55 heavy (non-hydrogen) atoms. The molecule has 0 unspecified atom stereocenters. The first-order chi connectivity index (χ1) is 27.2. The number of hydrogen-bond acceptors (Lipinski definition) is 4. The van der Waals surface area contributed by atoms with E-state index in [4.69, 9.17) is 9.40 Å². The zero-order valence-corrected chi connectivity index (χ0v) is 30.5. The molecule has 0 saturated heterocycles. The molecule has 0 fully saturated rings. The minimum atomic E-state index is 0.641. The van der Waals surface area contributed by atoms with E-state index < -0.39 is 0 Å². The van der Waals surface area contributed by atoms with Crippen molar-refractivity contribution in [2.75, 3.05) is 4.90 Å². The van der Waals surface area contributed by atoms with Crippen LogP contribution in [-0.4, -0.2) is 4.98 Å². The van der Waals surface area contributed by atoms with Crippen molar-refractivity contribution in [3.8, 4) is 33.7 Å². The van der Waals surface area contributed by atoms with E-state index in [2.05, 4.69) is 169 Å². The first-order valence-corrected chi connectivity index (χ1v) is 19.3. The van der Waals surface area contributed by atoms with E-state index in [1.807, 2.05) is 30.3 Å². The van der Waals surface area contributed by atoms with Crippen LogP contribution >= 0.6 is 11.3 Å². The Bertz CT molecular complexity index is 3190. The van der Waals surface area contributed by atoms with Crippen molar-refractivity contribution in [3.05, 3.63) is 194 Å². The van der Waals surface area contributed by atoms with Crippen LogP contribution in [0.4, 0.5) is 17.1 Å². The normalized spacial score (nSPS) is 11.6. The molecule has 0 radical (unpaired) electrons. The molecular weight excluding hydrogens is 689 g/mol. The average Bonchev–Trinajstić information content (AvgIpc) is 3.84. The second-order valence-corrected chi connectivity index (χ2v) is 15.0. The summed E-state index contributed by atoms with van der Waals surface area (Å²) in [5.41, 5.74) is 10.8. The van der Waals surface area contributed by atoms with E-state index in [1.165, 1.54) is 64.0 Å². The van der Waals surface area contributed by atoms with Gasteiger partial charge in [0.25, 0.3) is 0 Å². The lowest BCUT2D eigenvalue weighted by Gasteiger charge is -2.28. The molecule has 3 nitrogen and oxygen atoms in total. The lowest BCUT2D eigenvalue weighted by atomic mass is 9.93. The highest BCUT2D eigenvalue weighted by atomic mass is 32.1. The van der Waals surface area contributed by atoms with Gasteiger partial charge in [0.15, 0.2) is 5.58 Å². The summed E-state index contributed by atoms with van der Waals surface area (Å²) in [7, 11) is 0. The molecule has 0 atom stereocenters. The van der Waals surface area contributed by atoms with Crippen LogP contribution in [-0.2, 0) is 0 Å². The number of benzene rings is 9. The van der Waals surface area contributed by atoms with Crippen molar-refractivity contribution in [2.24, 2.45) is 0 Å². The number of oxazole rings is 1. The second kappa shape index (κ2) is 12.8. The molecular formula is C51H32N2OS. The molecule has 0 saturated carbocycles. The fourth-order valence-corrected chi connectivity index (χ4v) is 9.16. The van der Waals surface area contributed by atoms with Crippen LogP contribution < -0.4 is 4.90 Å². The highest BCUT2D eigenvalue weighted by Gasteiger charge is 2.20. The third-order valence-electron chi connectivity index (χ3n) is 10.7. The molecule has 11 rings (SSSR count). The van der Waals surface area contributed by atoms with E-state index in [0.29, 0.717) is 5.89 Å². The molecule has 11 aromatic rings. The molecule has 0 N–H and O–H groups in total. The highest BCUT2D eigenvalue weighted by molar-refractivity contribution is 7.25. The summed E-state index contributed by atoms with van der Waals surface area (Å²) in [5.74, 6) is 0.641. The molecule has 258 valence electrons. The monoisotopic (exact) mass is 720 g/mol. The van der Waals surface area contributed by atoms with Gasteiger partial charge in [0.05, 0.1) is 5.69 Å². The van der Waals surface area contributed by atoms with Gasteiger partial charge >= 0.3 is 0 Å². The maximum absolute atomic E-state index is 6.35. The van der Waals surface area contributed by atoms with Gasteiger partial charge in [-0.3, -0.25) is 0 Å². The van der Waals surface area contributed by atoms with Gasteiger partial charge in [0.2, 0.25) is 5.89 Å². The molecule has 0 aliphatic heterocycles. The van der Waals surface area contributed by atoms with Gasteiger partial charge in [0, 0.05) is 42.5 Å². The van der Waals surface area contributed by atoms with Crippen molar-refractivity contribution in [1.82, 2.24) is 4.98 Å². The third kappa shape index (κ3) is 5.38. The molecule has 9 aromatic carbocycles. The number of thiophene rings is 1. The number of rotatable bonds is 6. The molecule has 0 aliphatic rings. The zero-order valence-electron chi connectivity index (χ0n) is 29.7. The van der Waals surface area contributed by atoms with Gasteiger partial charge in [-0.2, -0.15) is 0 Å². The zero-order chi connectivity index (χ0) is 36.3. The van der Waals surface area contributed by atoms with Gasteiger partial charge in [-0.1, -0.05) is 133 Å². The Morgan fingerprint density at radius 1 is 0.418 bits per heavy atom. The van der Waals surface area contributed by atoms with Gasteiger partial charge in [-0.05, 0) is 99.1 Å². The van der Waals surface area contributed by atoms with Gasteiger partial charge in [-0.25, -0.2) is 4.98 Å². The summed E-state index contributed by atoms with van der Waals surface area (Å²) in [6.45, 7) is 0. The van der Waals surface area contributed by atoms with Crippen LogP contribution in [0.25, 0.3) is 86.5 Å². The lowest BCUT2D eigenvalue weighted by Crippen LogP contribution is -2.10. The minimum Gasteiger partial charge on any atom is -0.436 e. The number of hydrogen-bond donors (Lipinski definition) is 0. The predicted molar refractivity (Wildman–Crippen MR) is 233 cm³/mol. The van der Waals surface area contributed by atoms with Crippen LogP contribution in [0.2, 0.25) is 0 Å². The van der Waals surface area contributed by atoms with Crippen LogP contribution in [0, 0.1) is 0 Å². The topological polar surface area (TPSA) is 29.3 Å². The average molecular weight is 721 g/mol. The van der Waals surface area contributed by atoms with Crippen LogP contribution in [0.3, 0.4) is 0 Å². The molecule has 2 heterocycles. The number of fused-ring (bicyclic) bond motifs is 6. The Morgan fingerprint density at radius 3 is 1.87 bits per heavy atom. The maximum atomic E-state index is 6.35. The molecule has 0 amide bonds. The summed E-state index contributed by atoms with van der Waals surface area (Å²) < 4.78 is 8.77.